The maximum atomic E-state index is 12.5. The molecule has 0 aliphatic carbocycles. The van der Waals surface area contributed by atoms with E-state index in [4.69, 9.17) is 9.15 Å². The van der Waals surface area contributed by atoms with Gasteiger partial charge in [-0.25, -0.2) is 4.98 Å². The molecule has 0 saturated carbocycles. The zero-order valence-corrected chi connectivity index (χ0v) is 15.2. The molecule has 1 atom stereocenters. The Morgan fingerprint density at radius 1 is 1.15 bits per heavy atom. The molecule has 0 aliphatic rings. The molecule has 1 N–H and O–H groups in total. The first-order valence-electron chi connectivity index (χ1n) is 8.52. The number of carbonyl (C=O) groups is 1. The Kier molecular flexibility index (Phi) is 5.37. The molecule has 5 heteroatoms. The van der Waals surface area contributed by atoms with Gasteiger partial charge in [-0.15, -0.1) is 0 Å². The number of aromatic nitrogens is 1. The fraction of sp³-hybridized carbons (Fsp3) is 0.238. The van der Waals surface area contributed by atoms with Gasteiger partial charge in [0.2, 0.25) is 11.8 Å². The summed E-state index contributed by atoms with van der Waals surface area (Å²) in [7, 11) is 1.62. The van der Waals surface area contributed by atoms with Crippen molar-refractivity contribution in [2.24, 2.45) is 0 Å². The number of amides is 1. The topological polar surface area (TPSA) is 64.4 Å². The third-order valence-corrected chi connectivity index (χ3v) is 4.22. The molecule has 3 rings (SSSR count). The first-order chi connectivity index (χ1) is 12.6. The third-order valence-electron chi connectivity index (χ3n) is 4.22. The number of hydrogen-bond donors (Lipinski definition) is 1. The highest BCUT2D eigenvalue weighted by molar-refractivity contribution is 5.79. The second-order valence-corrected chi connectivity index (χ2v) is 6.10. The summed E-state index contributed by atoms with van der Waals surface area (Å²) < 4.78 is 11.1. The molecule has 1 amide bonds. The van der Waals surface area contributed by atoms with E-state index in [1.807, 2.05) is 68.4 Å². The fourth-order valence-corrected chi connectivity index (χ4v) is 2.84. The summed E-state index contributed by atoms with van der Waals surface area (Å²) in [4.78, 5) is 16.9. The monoisotopic (exact) mass is 350 g/mol. The van der Waals surface area contributed by atoms with Gasteiger partial charge >= 0.3 is 0 Å². The molecule has 1 heterocycles. The molecule has 1 aromatic heterocycles. The Hall–Kier alpha value is -3.08. The predicted octanol–water partition coefficient (Wildman–Crippen LogP) is 4.08. The van der Waals surface area contributed by atoms with Crippen LogP contribution in [0.1, 0.15) is 30.0 Å². The summed E-state index contributed by atoms with van der Waals surface area (Å²) in [5, 5.41) is 3.00. The summed E-state index contributed by atoms with van der Waals surface area (Å²) in [6.07, 6.45) is 0.168. The maximum Gasteiger partial charge on any atom is 0.226 e. The molecule has 0 radical (unpaired) electrons. The van der Waals surface area contributed by atoms with E-state index in [1.165, 1.54) is 0 Å². The normalized spacial score (nSPS) is 11.8. The van der Waals surface area contributed by atoms with Gasteiger partial charge in [0, 0.05) is 11.1 Å². The number of rotatable bonds is 6. The minimum absolute atomic E-state index is 0.112. The van der Waals surface area contributed by atoms with Gasteiger partial charge in [-0.1, -0.05) is 36.4 Å². The van der Waals surface area contributed by atoms with Crippen LogP contribution in [0, 0.1) is 6.92 Å². The van der Waals surface area contributed by atoms with Crippen LogP contribution in [-0.4, -0.2) is 18.0 Å². The number of ether oxygens (including phenoxy) is 1. The summed E-state index contributed by atoms with van der Waals surface area (Å²) >= 11 is 0. The number of benzene rings is 2. The lowest BCUT2D eigenvalue weighted by Gasteiger charge is -2.17. The Bertz CT molecular complexity index is 887. The number of methoxy groups -OCH3 is 1. The minimum atomic E-state index is -0.167. The van der Waals surface area contributed by atoms with Crippen molar-refractivity contribution in [2.45, 2.75) is 26.3 Å². The van der Waals surface area contributed by atoms with Crippen LogP contribution < -0.4 is 10.1 Å². The molecule has 2 aromatic carbocycles. The first-order valence-corrected chi connectivity index (χ1v) is 8.52. The van der Waals surface area contributed by atoms with E-state index in [9.17, 15) is 4.79 Å². The maximum absolute atomic E-state index is 12.5. The van der Waals surface area contributed by atoms with Crippen molar-refractivity contribution in [3.05, 3.63) is 71.6 Å². The van der Waals surface area contributed by atoms with Crippen molar-refractivity contribution >= 4 is 5.91 Å². The smallest absolute Gasteiger partial charge is 0.226 e. The van der Waals surface area contributed by atoms with Crippen LogP contribution in [0.4, 0.5) is 0 Å². The number of aryl methyl sites for hydroxylation is 1. The highest BCUT2D eigenvalue weighted by Crippen LogP contribution is 2.25. The molecular formula is C21H22N2O3. The molecule has 0 spiro atoms. The van der Waals surface area contributed by atoms with Gasteiger partial charge in [0.1, 0.15) is 11.5 Å². The molecule has 5 nitrogen and oxygen atoms in total. The lowest BCUT2D eigenvalue weighted by molar-refractivity contribution is -0.121. The van der Waals surface area contributed by atoms with Crippen LogP contribution in [-0.2, 0) is 11.2 Å². The highest BCUT2D eigenvalue weighted by atomic mass is 16.5. The molecule has 0 aliphatic heterocycles. The number of para-hydroxylation sites is 1. The average molecular weight is 350 g/mol. The highest BCUT2D eigenvalue weighted by Gasteiger charge is 2.17. The lowest BCUT2D eigenvalue weighted by Crippen LogP contribution is -2.28. The number of hydrogen-bond acceptors (Lipinski definition) is 4. The molecule has 1 unspecified atom stereocenters. The molecule has 3 aromatic rings. The van der Waals surface area contributed by atoms with E-state index < -0.39 is 0 Å². The van der Waals surface area contributed by atoms with Gasteiger partial charge in [-0.3, -0.25) is 4.79 Å². The number of nitrogens with one attached hydrogen (secondary N) is 1. The largest absolute Gasteiger partial charge is 0.496 e. The van der Waals surface area contributed by atoms with Crippen molar-refractivity contribution in [3.8, 4) is 17.2 Å². The van der Waals surface area contributed by atoms with E-state index in [-0.39, 0.29) is 18.4 Å². The fourth-order valence-electron chi connectivity index (χ4n) is 2.84. The summed E-state index contributed by atoms with van der Waals surface area (Å²) in [6, 6.07) is 17.1. The van der Waals surface area contributed by atoms with Crippen molar-refractivity contribution in [2.75, 3.05) is 7.11 Å². The van der Waals surface area contributed by atoms with Crippen LogP contribution in [0.25, 0.3) is 11.5 Å². The standard InChI is InChI=1S/C21H22N2O3/c1-14(17-11-7-8-12-19(17)25-3)22-20(24)13-18-15(2)26-21(23-18)16-9-5-4-6-10-16/h4-12,14H,13H2,1-3H3,(H,22,24). The molecular weight excluding hydrogens is 328 g/mol. The average Bonchev–Trinajstić information content (AvgIpc) is 3.02. The van der Waals surface area contributed by atoms with Crippen molar-refractivity contribution < 1.29 is 13.9 Å². The Labute approximate surface area is 153 Å². The lowest BCUT2D eigenvalue weighted by atomic mass is 10.1. The van der Waals surface area contributed by atoms with Gasteiger partial charge in [0.15, 0.2) is 0 Å². The predicted molar refractivity (Wildman–Crippen MR) is 99.9 cm³/mol. The van der Waals surface area contributed by atoms with E-state index in [0.29, 0.717) is 17.3 Å². The van der Waals surface area contributed by atoms with E-state index in [1.54, 1.807) is 7.11 Å². The minimum Gasteiger partial charge on any atom is -0.496 e. The van der Waals surface area contributed by atoms with E-state index >= 15 is 0 Å². The number of oxazole rings is 1. The van der Waals surface area contributed by atoms with Gasteiger partial charge in [0.05, 0.1) is 25.3 Å². The molecule has 0 fully saturated rings. The second kappa shape index (κ2) is 7.87. The Morgan fingerprint density at radius 2 is 1.85 bits per heavy atom. The van der Waals surface area contributed by atoms with Crippen molar-refractivity contribution in [1.82, 2.24) is 10.3 Å². The Balaban J connectivity index is 1.69. The summed E-state index contributed by atoms with van der Waals surface area (Å²) in [5.41, 5.74) is 2.48. The van der Waals surface area contributed by atoms with Crippen LogP contribution >= 0.6 is 0 Å². The van der Waals surface area contributed by atoms with Crippen LogP contribution in [0.2, 0.25) is 0 Å². The van der Waals surface area contributed by atoms with Gasteiger partial charge in [-0.2, -0.15) is 0 Å². The first kappa shape index (κ1) is 17.7. The zero-order valence-electron chi connectivity index (χ0n) is 15.2. The SMILES string of the molecule is COc1ccccc1C(C)NC(=O)Cc1nc(-c2ccccc2)oc1C. The van der Waals surface area contributed by atoms with Crippen molar-refractivity contribution in [3.63, 3.8) is 0 Å². The zero-order chi connectivity index (χ0) is 18.5. The van der Waals surface area contributed by atoms with Crippen LogP contribution in [0.3, 0.4) is 0 Å². The van der Waals surface area contributed by atoms with E-state index in [0.717, 1.165) is 16.9 Å². The van der Waals surface area contributed by atoms with Crippen LogP contribution in [0.5, 0.6) is 5.75 Å². The molecule has 26 heavy (non-hydrogen) atoms. The summed E-state index contributed by atoms with van der Waals surface area (Å²) in [6.45, 7) is 3.76. The van der Waals surface area contributed by atoms with Gasteiger partial charge in [0.25, 0.3) is 0 Å². The number of nitrogens with zero attached hydrogens (tertiary/aromatic N) is 1. The van der Waals surface area contributed by atoms with Gasteiger partial charge in [-0.05, 0) is 32.0 Å². The van der Waals surface area contributed by atoms with E-state index in [2.05, 4.69) is 10.3 Å². The second-order valence-electron chi connectivity index (χ2n) is 6.10. The van der Waals surface area contributed by atoms with Gasteiger partial charge < -0.3 is 14.5 Å². The van der Waals surface area contributed by atoms with Crippen LogP contribution in [0.15, 0.2) is 59.0 Å². The molecule has 0 bridgehead atoms. The number of carbonyl (C=O) groups excluding carboxylic acids is 1. The Morgan fingerprint density at radius 3 is 2.58 bits per heavy atom. The summed E-state index contributed by atoms with van der Waals surface area (Å²) in [5.74, 6) is 1.83. The third kappa shape index (κ3) is 3.94. The quantitative estimate of drug-likeness (QED) is 0.727. The van der Waals surface area contributed by atoms with Crippen molar-refractivity contribution in [1.29, 1.82) is 0 Å². The molecule has 0 saturated heterocycles. The molecule has 134 valence electrons.